The van der Waals surface area contributed by atoms with Crippen molar-refractivity contribution in [2.45, 2.75) is 6.10 Å². The second kappa shape index (κ2) is 22.2. The fourth-order valence-electron chi connectivity index (χ4n) is 1.11. The SMILES string of the molecule is C=CC#N.NCCNCCNCCNCCN.OCC1CO1. The molecule has 0 amide bonds. The Bertz CT molecular complexity index is 246. The van der Waals surface area contributed by atoms with Gasteiger partial charge in [-0.1, -0.05) is 6.58 Å². The summed E-state index contributed by atoms with van der Waals surface area (Å²) in [4.78, 5) is 0. The molecule has 0 aromatic carbocycles. The van der Waals surface area contributed by atoms with Gasteiger partial charge in [0.1, 0.15) is 6.10 Å². The Balaban J connectivity index is 0. The van der Waals surface area contributed by atoms with Gasteiger partial charge in [0.2, 0.25) is 0 Å². The van der Waals surface area contributed by atoms with Gasteiger partial charge in [-0.25, -0.2) is 0 Å². The smallest absolute Gasteiger partial charge is 0.104 e. The second-order valence-electron chi connectivity index (χ2n) is 4.30. The molecule has 1 fully saturated rings. The lowest BCUT2D eigenvalue weighted by molar-refractivity contribution is 0.244. The molecule has 1 aliphatic heterocycles. The number of aliphatic hydroxyl groups is 1. The molecule has 0 spiro atoms. The first kappa shape index (κ1) is 23.2. The Morgan fingerprint density at radius 3 is 1.64 bits per heavy atom. The minimum absolute atomic E-state index is 0.190. The highest BCUT2D eigenvalue weighted by Gasteiger charge is 2.19. The molecule has 1 aliphatic rings. The number of ether oxygens (including phenoxy) is 1. The number of nitriles is 1. The van der Waals surface area contributed by atoms with Crippen molar-refractivity contribution >= 4 is 0 Å². The zero-order valence-corrected chi connectivity index (χ0v) is 13.4. The lowest BCUT2D eigenvalue weighted by Gasteiger charge is -2.06. The second-order valence-corrected chi connectivity index (χ2v) is 4.30. The molecule has 0 bridgehead atoms. The Morgan fingerprint density at radius 1 is 1.09 bits per heavy atom. The molecule has 1 saturated heterocycles. The van der Waals surface area contributed by atoms with E-state index in [0.717, 1.165) is 45.9 Å². The number of aliphatic hydroxyl groups excluding tert-OH is 1. The summed E-state index contributed by atoms with van der Waals surface area (Å²) in [7, 11) is 0. The molecule has 0 aromatic rings. The molecule has 1 atom stereocenters. The van der Waals surface area contributed by atoms with E-state index in [1.54, 1.807) is 6.07 Å². The van der Waals surface area contributed by atoms with Crippen molar-refractivity contribution in [1.82, 2.24) is 16.0 Å². The highest BCUT2D eigenvalue weighted by molar-refractivity contribution is 4.93. The molecule has 1 unspecified atom stereocenters. The van der Waals surface area contributed by atoms with Crippen LogP contribution in [0.1, 0.15) is 0 Å². The molecule has 1 heterocycles. The first-order valence-corrected chi connectivity index (χ1v) is 7.52. The third-order valence-corrected chi connectivity index (χ3v) is 2.30. The van der Waals surface area contributed by atoms with Crippen molar-refractivity contribution in [3.63, 3.8) is 0 Å². The summed E-state index contributed by atoms with van der Waals surface area (Å²) in [5, 5.41) is 25.3. The van der Waals surface area contributed by atoms with Crippen LogP contribution >= 0.6 is 0 Å². The van der Waals surface area contributed by atoms with Gasteiger partial charge in [-0.2, -0.15) is 5.26 Å². The molecule has 0 radical (unpaired) electrons. The molecule has 130 valence electrons. The van der Waals surface area contributed by atoms with Crippen molar-refractivity contribution in [1.29, 1.82) is 5.26 Å². The number of hydrogen-bond acceptors (Lipinski definition) is 8. The van der Waals surface area contributed by atoms with Crippen molar-refractivity contribution < 1.29 is 9.84 Å². The van der Waals surface area contributed by atoms with Crippen molar-refractivity contribution in [3.05, 3.63) is 12.7 Å². The van der Waals surface area contributed by atoms with E-state index in [4.69, 9.17) is 21.8 Å². The monoisotopic (exact) mass is 316 g/mol. The third kappa shape index (κ3) is 27.3. The van der Waals surface area contributed by atoms with Crippen LogP contribution in [0.3, 0.4) is 0 Å². The number of rotatable bonds is 11. The number of epoxide rings is 1. The fourth-order valence-corrected chi connectivity index (χ4v) is 1.11. The summed E-state index contributed by atoms with van der Waals surface area (Å²) in [5.74, 6) is 0. The highest BCUT2D eigenvalue weighted by atomic mass is 16.6. The van der Waals surface area contributed by atoms with Gasteiger partial charge in [0.25, 0.3) is 0 Å². The maximum atomic E-state index is 8.08. The number of hydrogen-bond donors (Lipinski definition) is 6. The van der Waals surface area contributed by atoms with E-state index < -0.39 is 0 Å². The average Bonchev–Trinajstić information content (AvgIpc) is 3.38. The van der Waals surface area contributed by atoms with Crippen LogP contribution in [0.5, 0.6) is 0 Å². The molecule has 8 nitrogen and oxygen atoms in total. The van der Waals surface area contributed by atoms with Gasteiger partial charge in [0, 0.05) is 58.4 Å². The van der Waals surface area contributed by atoms with Crippen LogP contribution < -0.4 is 27.4 Å². The number of nitrogens with two attached hydrogens (primary N) is 2. The highest BCUT2D eigenvalue weighted by Crippen LogP contribution is 2.04. The van der Waals surface area contributed by atoms with E-state index in [0.29, 0.717) is 13.1 Å². The topological polar surface area (TPSA) is 145 Å². The van der Waals surface area contributed by atoms with Gasteiger partial charge < -0.3 is 37.3 Å². The Labute approximate surface area is 133 Å². The van der Waals surface area contributed by atoms with Gasteiger partial charge in [0.15, 0.2) is 0 Å². The largest absolute Gasteiger partial charge is 0.394 e. The van der Waals surface area contributed by atoms with Crippen molar-refractivity contribution in [3.8, 4) is 6.07 Å². The molecule has 8 N–H and O–H groups in total. The van der Waals surface area contributed by atoms with E-state index >= 15 is 0 Å². The molecular weight excluding hydrogens is 284 g/mol. The molecule has 0 saturated carbocycles. The molecule has 8 heteroatoms. The first-order chi connectivity index (χ1) is 10.8. The number of nitrogens with zero attached hydrogens (tertiary/aromatic N) is 1. The summed E-state index contributed by atoms with van der Waals surface area (Å²) < 4.78 is 4.61. The quantitative estimate of drug-likeness (QED) is 0.142. The number of allylic oxidation sites excluding steroid dienone is 1. The zero-order chi connectivity index (χ0) is 16.9. The zero-order valence-electron chi connectivity index (χ0n) is 13.4. The molecule has 1 rings (SSSR count). The maximum absolute atomic E-state index is 8.08. The van der Waals surface area contributed by atoms with E-state index in [-0.39, 0.29) is 12.7 Å². The van der Waals surface area contributed by atoms with Gasteiger partial charge in [0.05, 0.1) is 19.3 Å². The Kier molecular flexibility index (Phi) is 23.5. The maximum Gasteiger partial charge on any atom is 0.104 e. The van der Waals surface area contributed by atoms with E-state index in [1.165, 1.54) is 6.08 Å². The van der Waals surface area contributed by atoms with Crippen LogP contribution in [-0.2, 0) is 4.74 Å². The van der Waals surface area contributed by atoms with E-state index in [9.17, 15) is 0 Å². The fraction of sp³-hybridized carbons (Fsp3) is 0.786. The van der Waals surface area contributed by atoms with Crippen molar-refractivity contribution in [2.24, 2.45) is 11.5 Å². The first-order valence-electron chi connectivity index (χ1n) is 7.52. The van der Waals surface area contributed by atoms with Crippen LogP contribution in [0, 0.1) is 11.3 Å². The van der Waals surface area contributed by atoms with Gasteiger partial charge in [-0.3, -0.25) is 0 Å². The van der Waals surface area contributed by atoms with Crippen LogP contribution in [-0.4, -0.2) is 76.8 Å². The minimum atomic E-state index is 0.190. The number of nitrogens with one attached hydrogen (secondary N) is 3. The van der Waals surface area contributed by atoms with E-state index in [2.05, 4.69) is 27.3 Å². The van der Waals surface area contributed by atoms with Crippen LogP contribution in [0.25, 0.3) is 0 Å². The summed E-state index contributed by atoms with van der Waals surface area (Å²) in [5.41, 5.74) is 10.6. The predicted molar refractivity (Wildman–Crippen MR) is 89.4 cm³/mol. The van der Waals surface area contributed by atoms with Crippen LogP contribution in [0.15, 0.2) is 12.7 Å². The summed E-state index contributed by atoms with van der Waals surface area (Å²) in [6, 6.07) is 1.69. The standard InChI is InChI=1S/C8H23N5.C3H3N.C3H6O2/c9-1-3-11-5-7-13-8-6-12-4-2-10;1-2-3-4;4-1-3-2-5-3/h11-13H,1-10H2;2H,1H2;3-4H,1-2H2. The molecule has 0 aliphatic carbocycles. The normalized spacial score (nSPS) is 14.7. The summed E-state index contributed by atoms with van der Waals surface area (Å²) >= 11 is 0. The van der Waals surface area contributed by atoms with Crippen LogP contribution in [0.4, 0.5) is 0 Å². The predicted octanol–water partition coefficient (Wildman–Crippen LogP) is -2.25. The lowest BCUT2D eigenvalue weighted by Crippen LogP contribution is -2.35. The van der Waals surface area contributed by atoms with Crippen molar-refractivity contribution in [2.75, 3.05) is 65.6 Å². The summed E-state index contributed by atoms with van der Waals surface area (Å²) in [6.45, 7) is 11.2. The Hall–Kier alpha value is -1.05. The molecule has 22 heavy (non-hydrogen) atoms. The molecule has 0 aromatic heterocycles. The summed E-state index contributed by atoms with van der Waals surface area (Å²) in [6.07, 6.45) is 1.37. The van der Waals surface area contributed by atoms with Crippen LogP contribution in [0.2, 0.25) is 0 Å². The van der Waals surface area contributed by atoms with Gasteiger partial charge >= 0.3 is 0 Å². The Morgan fingerprint density at radius 2 is 1.45 bits per heavy atom. The van der Waals surface area contributed by atoms with E-state index in [1.807, 2.05) is 0 Å². The average molecular weight is 316 g/mol. The third-order valence-electron chi connectivity index (χ3n) is 2.30. The van der Waals surface area contributed by atoms with Gasteiger partial charge in [-0.15, -0.1) is 0 Å². The minimum Gasteiger partial charge on any atom is -0.394 e. The van der Waals surface area contributed by atoms with Gasteiger partial charge in [-0.05, 0) is 0 Å². The molecular formula is C14H32N6O2. The lowest BCUT2D eigenvalue weighted by atomic mass is 10.5.